The van der Waals surface area contributed by atoms with Crippen molar-refractivity contribution in [3.8, 4) is 5.75 Å². The van der Waals surface area contributed by atoms with E-state index in [1.165, 1.54) is 0 Å². The Balaban J connectivity index is 1.47. The number of ether oxygens (including phenoxy) is 3. The van der Waals surface area contributed by atoms with E-state index in [0.29, 0.717) is 45.0 Å². The fourth-order valence-electron chi connectivity index (χ4n) is 4.59. The molecule has 0 spiro atoms. The number of hydrogen-bond acceptors (Lipinski definition) is 7. The number of hydrogen-bond donors (Lipinski definition) is 2. The van der Waals surface area contributed by atoms with Gasteiger partial charge < -0.3 is 34.4 Å². The SMILES string of the molecule is CN(C)CC(=O)Nc1ccc2c(c1)[C@H]1C[C@H](CC(=O)N3CCOCC3)O[C@H](CO)[C@H]1O2. The van der Waals surface area contributed by atoms with Crippen LogP contribution in [0.2, 0.25) is 0 Å². The minimum absolute atomic E-state index is 0.00547. The average Bonchev–Trinajstić information content (AvgIpc) is 3.11. The molecule has 1 aromatic carbocycles. The average molecular weight is 434 g/mol. The van der Waals surface area contributed by atoms with Gasteiger partial charge in [0.1, 0.15) is 18.0 Å². The lowest BCUT2D eigenvalue weighted by molar-refractivity contribution is -0.151. The molecule has 2 saturated heterocycles. The Bertz CT molecular complexity index is 810. The van der Waals surface area contributed by atoms with Gasteiger partial charge in [-0.2, -0.15) is 0 Å². The van der Waals surface area contributed by atoms with Crippen LogP contribution < -0.4 is 10.1 Å². The van der Waals surface area contributed by atoms with Crippen molar-refractivity contribution < 1.29 is 28.9 Å². The van der Waals surface area contributed by atoms with Crippen molar-refractivity contribution in [1.29, 1.82) is 0 Å². The Morgan fingerprint density at radius 3 is 2.74 bits per heavy atom. The van der Waals surface area contributed by atoms with Crippen molar-refractivity contribution in [2.24, 2.45) is 0 Å². The summed E-state index contributed by atoms with van der Waals surface area (Å²) in [5.41, 5.74) is 1.70. The molecule has 2 fully saturated rings. The van der Waals surface area contributed by atoms with Gasteiger partial charge >= 0.3 is 0 Å². The van der Waals surface area contributed by atoms with E-state index in [9.17, 15) is 14.7 Å². The predicted molar refractivity (Wildman–Crippen MR) is 113 cm³/mol. The zero-order chi connectivity index (χ0) is 22.0. The van der Waals surface area contributed by atoms with E-state index in [-0.39, 0.29) is 43.0 Å². The van der Waals surface area contributed by atoms with Crippen LogP contribution in [0.3, 0.4) is 0 Å². The van der Waals surface area contributed by atoms with E-state index in [1.807, 2.05) is 42.1 Å². The Hall–Kier alpha value is -2.20. The van der Waals surface area contributed by atoms with Crippen molar-refractivity contribution in [2.75, 3.05) is 58.9 Å². The van der Waals surface area contributed by atoms with Crippen LogP contribution >= 0.6 is 0 Å². The van der Waals surface area contributed by atoms with E-state index < -0.39 is 6.10 Å². The molecule has 9 nitrogen and oxygen atoms in total. The van der Waals surface area contributed by atoms with Gasteiger partial charge in [0.15, 0.2) is 0 Å². The summed E-state index contributed by atoms with van der Waals surface area (Å²) in [5.74, 6) is 0.693. The van der Waals surface area contributed by atoms with Gasteiger partial charge in [-0.1, -0.05) is 0 Å². The van der Waals surface area contributed by atoms with E-state index in [2.05, 4.69) is 5.32 Å². The van der Waals surface area contributed by atoms with Crippen molar-refractivity contribution >= 4 is 17.5 Å². The summed E-state index contributed by atoms with van der Waals surface area (Å²) < 4.78 is 17.5. The van der Waals surface area contributed by atoms with Gasteiger partial charge in [0.25, 0.3) is 0 Å². The number of rotatable bonds is 6. The summed E-state index contributed by atoms with van der Waals surface area (Å²) in [6, 6.07) is 5.60. The molecular formula is C22H31N3O6. The van der Waals surface area contributed by atoms with Crippen molar-refractivity contribution in [3.05, 3.63) is 23.8 Å². The second-order valence-electron chi connectivity index (χ2n) is 8.64. The molecule has 4 atom stereocenters. The second-order valence-corrected chi connectivity index (χ2v) is 8.64. The lowest BCUT2D eigenvalue weighted by Crippen LogP contribution is -2.48. The molecule has 0 aromatic heterocycles. The first kappa shape index (κ1) is 22.0. The second kappa shape index (κ2) is 9.52. The molecule has 3 aliphatic heterocycles. The summed E-state index contributed by atoms with van der Waals surface area (Å²) in [6.45, 7) is 2.44. The number of nitrogens with one attached hydrogen (secondary N) is 1. The smallest absolute Gasteiger partial charge is 0.238 e. The fourth-order valence-corrected chi connectivity index (χ4v) is 4.59. The molecule has 9 heteroatoms. The van der Waals surface area contributed by atoms with Crippen LogP contribution in [0.5, 0.6) is 5.75 Å². The number of benzene rings is 1. The summed E-state index contributed by atoms with van der Waals surface area (Å²) in [7, 11) is 3.69. The molecule has 0 bridgehead atoms. The van der Waals surface area contributed by atoms with E-state index in [4.69, 9.17) is 14.2 Å². The molecule has 0 aliphatic carbocycles. The quantitative estimate of drug-likeness (QED) is 0.671. The number of aliphatic hydroxyl groups excluding tert-OH is 1. The first-order chi connectivity index (χ1) is 14.9. The van der Waals surface area contributed by atoms with Crippen molar-refractivity contribution in [1.82, 2.24) is 9.80 Å². The topological polar surface area (TPSA) is 101 Å². The highest BCUT2D eigenvalue weighted by molar-refractivity contribution is 5.92. The predicted octanol–water partition coefficient (Wildman–Crippen LogP) is 0.430. The molecule has 31 heavy (non-hydrogen) atoms. The van der Waals surface area contributed by atoms with E-state index >= 15 is 0 Å². The van der Waals surface area contributed by atoms with Gasteiger partial charge in [-0.3, -0.25) is 9.59 Å². The monoisotopic (exact) mass is 433 g/mol. The molecule has 2 amide bonds. The van der Waals surface area contributed by atoms with E-state index in [0.717, 1.165) is 11.3 Å². The number of fused-ring (bicyclic) bond motifs is 3. The lowest BCUT2D eigenvalue weighted by Gasteiger charge is -2.38. The van der Waals surface area contributed by atoms with Gasteiger partial charge in [0, 0.05) is 30.3 Å². The van der Waals surface area contributed by atoms with Crippen LogP contribution in [0.25, 0.3) is 0 Å². The standard InChI is InChI=1S/C22H31N3O6/c1-24(2)12-20(27)23-14-3-4-18-16(9-14)17-10-15(30-19(13-26)22(17)31-18)11-21(28)25-5-7-29-8-6-25/h3-4,9,15,17,19,22,26H,5-8,10-13H2,1-2H3,(H,23,27)/t15-,17-,19-,22+/m1/s1. The fraction of sp³-hybridized carbons (Fsp3) is 0.636. The number of anilines is 1. The Labute approximate surface area is 182 Å². The molecular weight excluding hydrogens is 402 g/mol. The Morgan fingerprint density at radius 1 is 1.26 bits per heavy atom. The van der Waals surface area contributed by atoms with E-state index in [1.54, 1.807) is 0 Å². The minimum Gasteiger partial charge on any atom is -0.487 e. The van der Waals surface area contributed by atoms with Crippen LogP contribution in [0.1, 0.15) is 24.3 Å². The largest absolute Gasteiger partial charge is 0.487 e. The molecule has 4 rings (SSSR count). The molecule has 2 N–H and O–H groups in total. The third-order valence-electron chi connectivity index (χ3n) is 6.01. The molecule has 0 saturated carbocycles. The molecule has 1 aromatic rings. The highest BCUT2D eigenvalue weighted by Gasteiger charge is 2.46. The first-order valence-corrected chi connectivity index (χ1v) is 10.8. The maximum absolute atomic E-state index is 12.7. The number of aliphatic hydroxyl groups is 1. The van der Waals surface area contributed by atoms with Crippen LogP contribution in [0, 0.1) is 0 Å². The Morgan fingerprint density at radius 2 is 2.03 bits per heavy atom. The maximum Gasteiger partial charge on any atom is 0.238 e. The summed E-state index contributed by atoms with van der Waals surface area (Å²) >= 11 is 0. The third kappa shape index (κ3) is 5.01. The Kier molecular flexibility index (Phi) is 6.76. The number of nitrogens with zero attached hydrogens (tertiary/aromatic N) is 2. The zero-order valence-corrected chi connectivity index (χ0v) is 18.1. The maximum atomic E-state index is 12.7. The molecule has 3 heterocycles. The van der Waals surface area contributed by atoms with Gasteiger partial charge in [-0.15, -0.1) is 0 Å². The van der Waals surface area contributed by atoms with Crippen LogP contribution in [-0.2, 0) is 19.1 Å². The zero-order valence-electron chi connectivity index (χ0n) is 18.1. The molecule has 0 unspecified atom stereocenters. The highest BCUT2D eigenvalue weighted by atomic mass is 16.6. The number of carbonyl (C=O) groups excluding carboxylic acids is 2. The van der Waals surface area contributed by atoms with Gasteiger partial charge in [0.05, 0.1) is 38.9 Å². The highest BCUT2D eigenvalue weighted by Crippen LogP contribution is 2.47. The van der Waals surface area contributed by atoms with Crippen LogP contribution in [-0.4, -0.2) is 98.6 Å². The summed E-state index contributed by atoms with van der Waals surface area (Å²) in [5, 5.41) is 12.8. The molecule has 3 aliphatic rings. The van der Waals surface area contributed by atoms with Crippen LogP contribution in [0.4, 0.5) is 5.69 Å². The molecule has 170 valence electrons. The van der Waals surface area contributed by atoms with Crippen LogP contribution in [0.15, 0.2) is 18.2 Å². The normalized spacial score (nSPS) is 27.4. The van der Waals surface area contributed by atoms with Crippen molar-refractivity contribution in [3.63, 3.8) is 0 Å². The minimum atomic E-state index is -0.500. The number of amides is 2. The first-order valence-electron chi connectivity index (χ1n) is 10.8. The number of likely N-dealkylation sites (N-methyl/N-ethyl adjacent to an activating group) is 1. The number of morpholine rings is 1. The van der Waals surface area contributed by atoms with Gasteiger partial charge in [0.2, 0.25) is 11.8 Å². The number of carbonyl (C=O) groups is 2. The summed E-state index contributed by atoms with van der Waals surface area (Å²) in [6.07, 6.45) is -0.202. The van der Waals surface area contributed by atoms with Gasteiger partial charge in [-0.05, 0) is 38.7 Å². The molecule has 0 radical (unpaired) electrons. The van der Waals surface area contributed by atoms with Crippen molar-refractivity contribution in [2.45, 2.75) is 37.1 Å². The lowest BCUT2D eigenvalue weighted by atomic mass is 9.84. The third-order valence-corrected chi connectivity index (χ3v) is 6.01. The summed E-state index contributed by atoms with van der Waals surface area (Å²) in [4.78, 5) is 28.5. The van der Waals surface area contributed by atoms with Gasteiger partial charge in [-0.25, -0.2) is 0 Å².